The van der Waals surface area contributed by atoms with Crippen LogP contribution in [0.2, 0.25) is 0 Å². The first-order valence-electron chi connectivity index (χ1n) is 10.0. The van der Waals surface area contributed by atoms with Crippen LogP contribution in [0.15, 0.2) is 52.0 Å². The highest BCUT2D eigenvalue weighted by Gasteiger charge is 2.29. The third-order valence-corrected chi connectivity index (χ3v) is 7.35. The summed E-state index contributed by atoms with van der Waals surface area (Å²) in [5, 5.41) is 2.81. The van der Waals surface area contributed by atoms with E-state index in [-0.39, 0.29) is 12.5 Å². The zero-order valence-corrected chi connectivity index (χ0v) is 17.8. The Balaban J connectivity index is 1.50. The molecule has 0 aliphatic carbocycles. The highest BCUT2D eigenvalue weighted by atomic mass is 32.2. The van der Waals surface area contributed by atoms with Crippen LogP contribution in [-0.4, -0.2) is 56.3 Å². The Morgan fingerprint density at radius 3 is 2.41 bits per heavy atom. The van der Waals surface area contributed by atoms with E-state index in [1.807, 2.05) is 17.0 Å². The number of carbonyl (C=O) groups is 1. The van der Waals surface area contributed by atoms with Crippen molar-refractivity contribution in [3.63, 3.8) is 0 Å². The minimum Gasteiger partial charge on any atom is -0.467 e. The SMILES string of the molecule is CCC(C)c1ccc(S(=O)(=O)N2CCN(CC(=O)NCc3ccco3)CC2)cc1. The number of sulfonamides is 1. The molecule has 158 valence electrons. The third kappa shape index (κ3) is 5.46. The highest BCUT2D eigenvalue weighted by molar-refractivity contribution is 7.89. The molecular weight excluding hydrogens is 390 g/mol. The number of carbonyl (C=O) groups excluding carboxylic acids is 1. The highest BCUT2D eigenvalue weighted by Crippen LogP contribution is 2.23. The number of rotatable bonds is 8. The second-order valence-electron chi connectivity index (χ2n) is 7.41. The summed E-state index contributed by atoms with van der Waals surface area (Å²) in [4.78, 5) is 14.4. The average molecular weight is 420 g/mol. The Kier molecular flexibility index (Phi) is 7.10. The summed E-state index contributed by atoms with van der Waals surface area (Å²) in [7, 11) is -3.51. The molecule has 1 unspecified atom stereocenters. The first-order chi connectivity index (χ1) is 13.9. The van der Waals surface area contributed by atoms with Gasteiger partial charge in [-0.05, 0) is 42.2 Å². The lowest BCUT2D eigenvalue weighted by Gasteiger charge is -2.33. The van der Waals surface area contributed by atoms with E-state index in [9.17, 15) is 13.2 Å². The molecule has 1 aliphatic rings. The Bertz CT molecular complexity index is 887. The standard InChI is InChI=1S/C21H29N3O4S/c1-3-17(2)18-6-8-20(9-7-18)29(26,27)24-12-10-23(11-13-24)16-21(25)22-15-19-5-4-14-28-19/h4-9,14,17H,3,10-13,15-16H2,1-2H3,(H,22,25). The molecule has 0 saturated carbocycles. The van der Waals surface area contributed by atoms with Crippen LogP contribution >= 0.6 is 0 Å². The Hall–Kier alpha value is -2.16. The van der Waals surface area contributed by atoms with Gasteiger partial charge in [0, 0.05) is 26.2 Å². The van der Waals surface area contributed by atoms with E-state index in [0.717, 1.165) is 12.0 Å². The van der Waals surface area contributed by atoms with Crippen LogP contribution < -0.4 is 5.32 Å². The number of nitrogens with zero attached hydrogens (tertiary/aromatic N) is 2. The predicted molar refractivity (Wildman–Crippen MR) is 111 cm³/mol. The van der Waals surface area contributed by atoms with Gasteiger partial charge < -0.3 is 9.73 Å². The number of furan rings is 1. The summed E-state index contributed by atoms with van der Waals surface area (Å²) in [6, 6.07) is 10.8. The molecule has 1 N–H and O–H groups in total. The first-order valence-corrected chi connectivity index (χ1v) is 11.5. The fourth-order valence-corrected chi connectivity index (χ4v) is 4.76. The van der Waals surface area contributed by atoms with Gasteiger partial charge in [0.1, 0.15) is 5.76 Å². The van der Waals surface area contributed by atoms with Gasteiger partial charge >= 0.3 is 0 Å². The molecule has 7 nitrogen and oxygen atoms in total. The van der Waals surface area contributed by atoms with E-state index in [2.05, 4.69) is 19.2 Å². The molecule has 1 saturated heterocycles. The quantitative estimate of drug-likeness (QED) is 0.711. The van der Waals surface area contributed by atoms with E-state index < -0.39 is 10.0 Å². The molecule has 0 spiro atoms. The smallest absolute Gasteiger partial charge is 0.243 e. The summed E-state index contributed by atoms with van der Waals surface area (Å²) in [5.41, 5.74) is 1.15. The average Bonchev–Trinajstić information content (AvgIpc) is 3.26. The van der Waals surface area contributed by atoms with Gasteiger partial charge in [-0.15, -0.1) is 0 Å². The molecule has 1 atom stereocenters. The Morgan fingerprint density at radius 2 is 1.83 bits per heavy atom. The fraction of sp³-hybridized carbons (Fsp3) is 0.476. The molecule has 2 aromatic rings. The van der Waals surface area contributed by atoms with E-state index >= 15 is 0 Å². The van der Waals surface area contributed by atoms with Gasteiger partial charge in [-0.2, -0.15) is 4.31 Å². The van der Waals surface area contributed by atoms with Crippen LogP contribution in [0.1, 0.15) is 37.5 Å². The van der Waals surface area contributed by atoms with E-state index in [4.69, 9.17) is 4.42 Å². The fourth-order valence-electron chi connectivity index (χ4n) is 3.34. The minimum absolute atomic E-state index is 0.0988. The van der Waals surface area contributed by atoms with Gasteiger partial charge in [0.05, 0.1) is 24.2 Å². The molecule has 29 heavy (non-hydrogen) atoms. The molecule has 1 amide bonds. The minimum atomic E-state index is -3.51. The van der Waals surface area contributed by atoms with Crippen molar-refractivity contribution < 1.29 is 17.6 Å². The van der Waals surface area contributed by atoms with Crippen molar-refractivity contribution in [2.45, 2.75) is 37.6 Å². The number of piperazine rings is 1. The van der Waals surface area contributed by atoms with Crippen molar-refractivity contribution in [1.82, 2.24) is 14.5 Å². The summed E-state index contributed by atoms with van der Waals surface area (Å²) in [5.74, 6) is 1.01. The van der Waals surface area contributed by atoms with Crippen molar-refractivity contribution >= 4 is 15.9 Å². The third-order valence-electron chi connectivity index (χ3n) is 5.44. The number of amides is 1. The predicted octanol–water partition coefficient (Wildman–Crippen LogP) is 2.42. The van der Waals surface area contributed by atoms with Crippen LogP contribution in [-0.2, 0) is 21.4 Å². The Labute approximate surface area is 172 Å². The zero-order valence-electron chi connectivity index (χ0n) is 17.0. The lowest BCUT2D eigenvalue weighted by Crippen LogP contribution is -2.50. The largest absolute Gasteiger partial charge is 0.467 e. The van der Waals surface area contributed by atoms with Crippen molar-refractivity contribution in [1.29, 1.82) is 0 Å². The number of benzene rings is 1. The monoisotopic (exact) mass is 419 g/mol. The first kappa shape index (κ1) is 21.5. The van der Waals surface area contributed by atoms with Crippen LogP contribution in [0, 0.1) is 0 Å². The van der Waals surface area contributed by atoms with Crippen molar-refractivity contribution in [3.05, 3.63) is 54.0 Å². The maximum Gasteiger partial charge on any atom is 0.243 e. The molecule has 0 bridgehead atoms. The van der Waals surface area contributed by atoms with E-state index in [1.54, 1.807) is 30.5 Å². The molecule has 3 rings (SSSR count). The molecule has 0 radical (unpaired) electrons. The number of nitrogens with one attached hydrogen (secondary N) is 1. The van der Waals surface area contributed by atoms with E-state index in [0.29, 0.717) is 49.3 Å². The molecule has 1 aromatic heterocycles. The Morgan fingerprint density at radius 1 is 1.14 bits per heavy atom. The van der Waals surface area contributed by atoms with Gasteiger partial charge in [0.25, 0.3) is 0 Å². The van der Waals surface area contributed by atoms with Crippen molar-refractivity contribution in [2.75, 3.05) is 32.7 Å². The second kappa shape index (κ2) is 9.56. The van der Waals surface area contributed by atoms with E-state index in [1.165, 1.54) is 4.31 Å². The topological polar surface area (TPSA) is 82.9 Å². The maximum absolute atomic E-state index is 12.9. The summed E-state index contributed by atoms with van der Waals surface area (Å²) in [6.45, 7) is 6.66. The molecule has 1 fully saturated rings. The summed E-state index contributed by atoms with van der Waals surface area (Å²) < 4.78 is 32.5. The molecule has 2 heterocycles. The maximum atomic E-state index is 12.9. The summed E-state index contributed by atoms with van der Waals surface area (Å²) in [6.07, 6.45) is 2.59. The van der Waals surface area contributed by atoms with Gasteiger partial charge in [0.2, 0.25) is 15.9 Å². The van der Waals surface area contributed by atoms with Crippen molar-refractivity contribution in [3.8, 4) is 0 Å². The van der Waals surface area contributed by atoms with Crippen LogP contribution in [0.5, 0.6) is 0 Å². The van der Waals surface area contributed by atoms with Gasteiger partial charge in [0.15, 0.2) is 0 Å². The van der Waals surface area contributed by atoms with Crippen LogP contribution in [0.3, 0.4) is 0 Å². The molecule has 1 aliphatic heterocycles. The van der Waals surface area contributed by atoms with Gasteiger partial charge in [-0.1, -0.05) is 26.0 Å². The second-order valence-corrected chi connectivity index (χ2v) is 9.35. The number of hydrogen-bond acceptors (Lipinski definition) is 5. The van der Waals surface area contributed by atoms with Crippen molar-refractivity contribution in [2.24, 2.45) is 0 Å². The normalized spacial score (nSPS) is 17.2. The summed E-state index contributed by atoms with van der Waals surface area (Å²) >= 11 is 0. The molecular formula is C21H29N3O4S. The van der Waals surface area contributed by atoms with Gasteiger partial charge in [-0.25, -0.2) is 8.42 Å². The molecule has 1 aromatic carbocycles. The molecule has 8 heteroatoms. The van der Waals surface area contributed by atoms with Crippen LogP contribution in [0.25, 0.3) is 0 Å². The lowest BCUT2D eigenvalue weighted by atomic mass is 9.99. The number of hydrogen-bond donors (Lipinski definition) is 1. The van der Waals surface area contributed by atoms with Crippen LogP contribution in [0.4, 0.5) is 0 Å². The lowest BCUT2D eigenvalue weighted by molar-refractivity contribution is -0.122. The van der Waals surface area contributed by atoms with Gasteiger partial charge in [-0.3, -0.25) is 9.69 Å². The zero-order chi connectivity index (χ0) is 20.9.